The molecule has 0 spiro atoms. The molecule has 0 aliphatic carbocycles. The zero-order valence-electron chi connectivity index (χ0n) is 10.1. The van der Waals surface area contributed by atoms with Gasteiger partial charge >= 0.3 is 12.1 Å². The standard InChI is InChI=1S/C12H10F3N3O2/c13-12(14,15)7-18(6-10(19)20)11-16-5-8-3-1-2-4-9(8)17-11/h1-5H,6-7H2,(H,19,20). The van der Waals surface area contributed by atoms with E-state index in [1.165, 1.54) is 6.20 Å². The number of fused-ring (bicyclic) bond motifs is 1. The van der Waals surface area contributed by atoms with E-state index >= 15 is 0 Å². The first-order valence-corrected chi connectivity index (χ1v) is 5.60. The largest absolute Gasteiger partial charge is 0.480 e. The Morgan fingerprint density at radius 1 is 1.30 bits per heavy atom. The Balaban J connectivity index is 2.36. The van der Waals surface area contributed by atoms with E-state index in [2.05, 4.69) is 9.97 Å². The SMILES string of the molecule is O=C(O)CN(CC(F)(F)F)c1ncc2ccccc2n1. The average molecular weight is 285 g/mol. The highest BCUT2D eigenvalue weighted by Gasteiger charge is 2.32. The van der Waals surface area contributed by atoms with Gasteiger partial charge in [0, 0.05) is 11.6 Å². The van der Waals surface area contributed by atoms with Crippen molar-refractivity contribution >= 4 is 22.8 Å². The third-order valence-electron chi connectivity index (χ3n) is 2.46. The molecule has 0 unspecified atom stereocenters. The van der Waals surface area contributed by atoms with Gasteiger partial charge in [-0.25, -0.2) is 9.97 Å². The van der Waals surface area contributed by atoms with Crippen LogP contribution in [0.2, 0.25) is 0 Å². The number of aliphatic carboxylic acids is 1. The third-order valence-corrected chi connectivity index (χ3v) is 2.46. The van der Waals surface area contributed by atoms with Crippen LogP contribution in [0.3, 0.4) is 0 Å². The summed E-state index contributed by atoms with van der Waals surface area (Å²) in [5.41, 5.74) is 0.454. The molecule has 0 radical (unpaired) electrons. The second kappa shape index (κ2) is 5.32. The van der Waals surface area contributed by atoms with Crippen LogP contribution < -0.4 is 4.90 Å². The third kappa shape index (κ3) is 3.56. The highest BCUT2D eigenvalue weighted by Crippen LogP contribution is 2.21. The number of carboxylic acid groups (broad SMARTS) is 1. The predicted molar refractivity (Wildman–Crippen MR) is 65.4 cm³/mol. The number of carbonyl (C=O) groups is 1. The summed E-state index contributed by atoms with van der Waals surface area (Å²) in [6, 6.07) is 6.76. The lowest BCUT2D eigenvalue weighted by molar-refractivity contribution is -0.136. The number of para-hydroxylation sites is 1. The number of alkyl halides is 3. The number of carboxylic acids is 1. The summed E-state index contributed by atoms with van der Waals surface area (Å²) in [5, 5.41) is 9.36. The van der Waals surface area contributed by atoms with Gasteiger partial charge in [-0.05, 0) is 6.07 Å². The highest BCUT2D eigenvalue weighted by atomic mass is 19.4. The summed E-state index contributed by atoms with van der Waals surface area (Å²) < 4.78 is 37.4. The van der Waals surface area contributed by atoms with Crippen LogP contribution in [-0.2, 0) is 4.79 Å². The quantitative estimate of drug-likeness (QED) is 0.931. The molecule has 0 amide bonds. The Morgan fingerprint density at radius 3 is 2.65 bits per heavy atom. The average Bonchev–Trinajstić information content (AvgIpc) is 2.35. The normalized spacial score (nSPS) is 11.6. The number of rotatable bonds is 4. The molecule has 0 aliphatic heterocycles. The molecular formula is C12H10F3N3O2. The van der Waals surface area contributed by atoms with E-state index in [4.69, 9.17) is 5.11 Å². The van der Waals surface area contributed by atoms with Crippen molar-refractivity contribution in [3.63, 3.8) is 0 Å². The molecule has 1 N–H and O–H groups in total. The van der Waals surface area contributed by atoms with Gasteiger partial charge in [-0.2, -0.15) is 13.2 Å². The first-order valence-electron chi connectivity index (χ1n) is 5.60. The van der Waals surface area contributed by atoms with Gasteiger partial charge in [0.05, 0.1) is 5.52 Å². The number of anilines is 1. The smallest absolute Gasteiger partial charge is 0.406 e. The number of hydrogen-bond acceptors (Lipinski definition) is 4. The summed E-state index contributed by atoms with van der Waals surface area (Å²) in [6.07, 6.45) is -3.17. The van der Waals surface area contributed by atoms with Crippen molar-refractivity contribution < 1.29 is 23.1 Å². The fraction of sp³-hybridized carbons (Fsp3) is 0.250. The number of benzene rings is 1. The van der Waals surface area contributed by atoms with E-state index in [1.54, 1.807) is 24.3 Å². The van der Waals surface area contributed by atoms with Crippen molar-refractivity contribution in [1.82, 2.24) is 9.97 Å². The number of aromatic nitrogens is 2. The van der Waals surface area contributed by atoms with E-state index in [0.29, 0.717) is 15.8 Å². The van der Waals surface area contributed by atoms with Gasteiger partial charge in [-0.1, -0.05) is 18.2 Å². The molecule has 1 aromatic carbocycles. The van der Waals surface area contributed by atoms with Crippen LogP contribution in [0.4, 0.5) is 19.1 Å². The van der Waals surface area contributed by atoms with Crippen molar-refractivity contribution in [3.05, 3.63) is 30.5 Å². The molecule has 2 aromatic rings. The molecule has 8 heteroatoms. The van der Waals surface area contributed by atoms with Crippen LogP contribution in [0.1, 0.15) is 0 Å². The second-order valence-electron chi connectivity index (χ2n) is 4.09. The van der Waals surface area contributed by atoms with Gasteiger partial charge < -0.3 is 10.0 Å². The minimum Gasteiger partial charge on any atom is -0.480 e. The molecule has 20 heavy (non-hydrogen) atoms. The molecule has 0 fully saturated rings. The molecule has 1 heterocycles. The first-order chi connectivity index (χ1) is 9.35. The zero-order chi connectivity index (χ0) is 14.8. The Hall–Kier alpha value is -2.38. The molecule has 5 nitrogen and oxygen atoms in total. The Morgan fingerprint density at radius 2 is 2.00 bits per heavy atom. The van der Waals surface area contributed by atoms with Crippen molar-refractivity contribution in [2.75, 3.05) is 18.0 Å². The van der Waals surface area contributed by atoms with Gasteiger partial charge in [-0.3, -0.25) is 4.79 Å². The summed E-state index contributed by atoms with van der Waals surface area (Å²) >= 11 is 0. The fourth-order valence-electron chi connectivity index (χ4n) is 1.69. The molecule has 2 rings (SSSR count). The van der Waals surface area contributed by atoms with Crippen LogP contribution in [0, 0.1) is 0 Å². The van der Waals surface area contributed by atoms with E-state index in [9.17, 15) is 18.0 Å². The molecule has 0 atom stereocenters. The maximum atomic E-state index is 12.5. The highest BCUT2D eigenvalue weighted by molar-refractivity contribution is 5.79. The topological polar surface area (TPSA) is 66.3 Å². The molecule has 106 valence electrons. The maximum absolute atomic E-state index is 12.5. The van der Waals surface area contributed by atoms with Gasteiger partial charge in [0.15, 0.2) is 0 Å². The lowest BCUT2D eigenvalue weighted by Crippen LogP contribution is -2.39. The number of hydrogen-bond donors (Lipinski definition) is 1. The molecular weight excluding hydrogens is 275 g/mol. The minimum absolute atomic E-state index is 0.261. The van der Waals surface area contributed by atoms with E-state index < -0.39 is 25.2 Å². The van der Waals surface area contributed by atoms with Crippen LogP contribution in [0.5, 0.6) is 0 Å². The maximum Gasteiger partial charge on any atom is 0.406 e. The van der Waals surface area contributed by atoms with Gasteiger partial charge in [-0.15, -0.1) is 0 Å². The summed E-state index contributed by atoms with van der Waals surface area (Å²) in [4.78, 5) is 19.0. The molecule has 1 aromatic heterocycles. The Kier molecular flexibility index (Phi) is 3.73. The molecule has 0 saturated heterocycles. The van der Waals surface area contributed by atoms with Gasteiger partial charge in [0.25, 0.3) is 0 Å². The van der Waals surface area contributed by atoms with Gasteiger partial charge in [0.1, 0.15) is 13.1 Å². The fourth-order valence-corrected chi connectivity index (χ4v) is 1.69. The van der Waals surface area contributed by atoms with E-state index in [1.807, 2.05) is 0 Å². The Labute approximate surface area is 111 Å². The summed E-state index contributed by atoms with van der Waals surface area (Å²) in [7, 11) is 0. The van der Waals surface area contributed by atoms with Crippen molar-refractivity contribution in [3.8, 4) is 0 Å². The predicted octanol–water partition coefficient (Wildman–Crippen LogP) is 2.08. The van der Waals surface area contributed by atoms with Crippen LogP contribution >= 0.6 is 0 Å². The summed E-state index contributed by atoms with van der Waals surface area (Å²) in [6.45, 7) is -2.24. The number of halogens is 3. The lowest BCUT2D eigenvalue weighted by Gasteiger charge is -2.22. The molecule has 0 saturated carbocycles. The first kappa shape index (κ1) is 14.0. The molecule has 0 bridgehead atoms. The van der Waals surface area contributed by atoms with Gasteiger partial charge in [0.2, 0.25) is 5.95 Å². The lowest BCUT2D eigenvalue weighted by atomic mass is 10.2. The van der Waals surface area contributed by atoms with Crippen molar-refractivity contribution in [2.45, 2.75) is 6.18 Å². The summed E-state index contributed by atoms with van der Waals surface area (Å²) in [5.74, 6) is -1.64. The van der Waals surface area contributed by atoms with Crippen LogP contribution in [0.15, 0.2) is 30.5 Å². The molecule has 0 aliphatic rings. The van der Waals surface area contributed by atoms with Crippen molar-refractivity contribution in [2.24, 2.45) is 0 Å². The zero-order valence-corrected chi connectivity index (χ0v) is 10.1. The van der Waals surface area contributed by atoms with Crippen LogP contribution in [0.25, 0.3) is 10.9 Å². The number of nitrogens with zero attached hydrogens (tertiary/aromatic N) is 3. The van der Waals surface area contributed by atoms with Crippen molar-refractivity contribution in [1.29, 1.82) is 0 Å². The van der Waals surface area contributed by atoms with E-state index in [-0.39, 0.29) is 5.95 Å². The second-order valence-corrected chi connectivity index (χ2v) is 4.09. The minimum atomic E-state index is -4.54. The monoisotopic (exact) mass is 285 g/mol. The van der Waals surface area contributed by atoms with Crippen LogP contribution in [-0.4, -0.2) is 40.3 Å². The Bertz CT molecular complexity index is 631. The van der Waals surface area contributed by atoms with E-state index in [0.717, 1.165) is 0 Å².